The maximum Gasteiger partial charge on any atom is -0.0351 e. The molecule has 126 valence electrons. The summed E-state index contributed by atoms with van der Waals surface area (Å²) in [6.45, 7) is 4.58. The van der Waals surface area contributed by atoms with Gasteiger partial charge in [0.25, 0.3) is 0 Å². The van der Waals surface area contributed by atoms with E-state index in [-0.39, 0.29) is 0 Å². The molecule has 0 saturated carbocycles. The van der Waals surface area contributed by atoms with Crippen LogP contribution in [0.2, 0.25) is 0 Å². The van der Waals surface area contributed by atoms with Gasteiger partial charge in [0.2, 0.25) is 0 Å². The van der Waals surface area contributed by atoms with Crippen molar-refractivity contribution in [1.29, 1.82) is 0 Å². The molecule has 0 aliphatic carbocycles. The third kappa shape index (κ3) is 19.7. The number of allylic oxidation sites excluding steroid dienone is 2. The lowest BCUT2D eigenvalue weighted by atomic mass is 10.1. The van der Waals surface area contributed by atoms with E-state index in [0.29, 0.717) is 0 Å². The quantitative estimate of drug-likeness (QED) is 0.187. The Morgan fingerprint density at radius 2 is 0.667 bits per heavy atom. The Balaban J connectivity index is 3.01. The zero-order valence-corrected chi connectivity index (χ0v) is 15.2. The van der Waals surface area contributed by atoms with Crippen LogP contribution in [0.4, 0.5) is 0 Å². The lowest BCUT2D eigenvalue weighted by Crippen LogP contribution is -1.81. The Bertz CT molecular complexity index is 192. The van der Waals surface area contributed by atoms with Gasteiger partial charge in [0.05, 0.1) is 0 Å². The molecule has 0 unspecified atom stereocenters. The molecule has 0 aliphatic heterocycles. The van der Waals surface area contributed by atoms with E-state index < -0.39 is 0 Å². The van der Waals surface area contributed by atoms with Crippen molar-refractivity contribution in [3.63, 3.8) is 0 Å². The molecule has 0 rings (SSSR count). The molecule has 0 heterocycles. The highest BCUT2D eigenvalue weighted by Gasteiger charge is 1.92. The first-order valence-electron chi connectivity index (χ1n) is 10.1. The molecular weight excluding hydrogens is 252 g/mol. The van der Waals surface area contributed by atoms with E-state index in [1.165, 1.54) is 109 Å². The fourth-order valence-electron chi connectivity index (χ4n) is 2.85. The van der Waals surface area contributed by atoms with Crippen LogP contribution in [0, 0.1) is 0 Å². The smallest absolute Gasteiger partial charge is 0.0351 e. The predicted octanol–water partition coefficient (Wildman–Crippen LogP) is 8.21. The van der Waals surface area contributed by atoms with Crippen molar-refractivity contribution in [2.24, 2.45) is 0 Å². The van der Waals surface area contributed by atoms with E-state index in [4.69, 9.17) is 0 Å². The van der Waals surface area contributed by atoms with Crippen molar-refractivity contribution in [3.05, 3.63) is 12.2 Å². The molecule has 0 fully saturated rings. The van der Waals surface area contributed by atoms with Gasteiger partial charge in [-0.15, -0.1) is 0 Å². The molecule has 0 aromatic rings. The summed E-state index contributed by atoms with van der Waals surface area (Å²) in [6.07, 6.45) is 28.9. The predicted molar refractivity (Wildman–Crippen MR) is 99.0 cm³/mol. The van der Waals surface area contributed by atoms with E-state index in [1.807, 2.05) is 0 Å². The van der Waals surface area contributed by atoms with Crippen LogP contribution in [0.15, 0.2) is 12.2 Å². The van der Waals surface area contributed by atoms with Gasteiger partial charge in [-0.3, -0.25) is 0 Å². The topological polar surface area (TPSA) is 0 Å². The van der Waals surface area contributed by atoms with Crippen LogP contribution < -0.4 is 0 Å². The lowest BCUT2D eigenvalue weighted by Gasteiger charge is -2.01. The molecule has 0 aliphatic rings. The van der Waals surface area contributed by atoms with Gasteiger partial charge in [-0.2, -0.15) is 0 Å². The van der Waals surface area contributed by atoms with Gasteiger partial charge >= 0.3 is 0 Å². The Kier molecular flexibility index (Phi) is 19.5. The van der Waals surface area contributed by atoms with Gasteiger partial charge in [-0.25, -0.2) is 0 Å². The molecule has 0 nitrogen and oxygen atoms in total. The molecule has 0 N–H and O–H groups in total. The molecule has 0 bridgehead atoms. The second kappa shape index (κ2) is 19.7. The van der Waals surface area contributed by atoms with E-state index >= 15 is 0 Å². The maximum atomic E-state index is 2.42. The maximum absolute atomic E-state index is 2.42. The normalized spacial score (nSPS) is 11.5. The Labute approximate surface area is 135 Å². The summed E-state index contributed by atoms with van der Waals surface area (Å²) in [4.78, 5) is 0. The minimum absolute atomic E-state index is 1.31. The molecule has 0 saturated heterocycles. The van der Waals surface area contributed by atoms with Crippen LogP contribution in [0.1, 0.15) is 123 Å². The zero-order valence-electron chi connectivity index (χ0n) is 15.2. The Hall–Kier alpha value is -0.260. The minimum atomic E-state index is 1.31. The first-order chi connectivity index (χ1) is 10.4. The van der Waals surface area contributed by atoms with Gasteiger partial charge in [-0.05, 0) is 25.7 Å². The number of unbranched alkanes of at least 4 members (excludes halogenated alkanes) is 15. The monoisotopic (exact) mass is 294 g/mol. The summed E-state index contributed by atoms with van der Waals surface area (Å²) < 4.78 is 0. The van der Waals surface area contributed by atoms with Crippen LogP contribution in [-0.2, 0) is 0 Å². The van der Waals surface area contributed by atoms with Crippen molar-refractivity contribution >= 4 is 0 Å². The zero-order chi connectivity index (χ0) is 15.4. The van der Waals surface area contributed by atoms with Crippen LogP contribution >= 0.6 is 0 Å². The fourth-order valence-corrected chi connectivity index (χ4v) is 2.85. The summed E-state index contributed by atoms with van der Waals surface area (Å²) in [5.41, 5.74) is 0. The highest BCUT2D eigenvalue weighted by Crippen LogP contribution is 2.11. The first-order valence-corrected chi connectivity index (χ1v) is 10.1. The summed E-state index contributed by atoms with van der Waals surface area (Å²) in [7, 11) is 0. The van der Waals surface area contributed by atoms with Crippen LogP contribution in [-0.4, -0.2) is 0 Å². The number of rotatable bonds is 17. The van der Waals surface area contributed by atoms with Gasteiger partial charge in [0, 0.05) is 0 Å². The second-order valence-electron chi connectivity index (χ2n) is 6.64. The third-order valence-electron chi connectivity index (χ3n) is 4.37. The third-order valence-corrected chi connectivity index (χ3v) is 4.37. The minimum Gasteiger partial charge on any atom is -0.0885 e. The SMILES string of the molecule is CCCCCCC/C=C/CCCCCCCCCCCC. The van der Waals surface area contributed by atoms with E-state index in [0.717, 1.165) is 0 Å². The highest BCUT2D eigenvalue weighted by atomic mass is 14.0. The number of hydrogen-bond acceptors (Lipinski definition) is 0. The number of hydrogen-bond donors (Lipinski definition) is 0. The Morgan fingerprint density at radius 1 is 0.381 bits per heavy atom. The summed E-state index contributed by atoms with van der Waals surface area (Å²) in [5, 5.41) is 0. The summed E-state index contributed by atoms with van der Waals surface area (Å²) in [6, 6.07) is 0. The molecule has 0 amide bonds. The van der Waals surface area contributed by atoms with Crippen molar-refractivity contribution in [2.75, 3.05) is 0 Å². The van der Waals surface area contributed by atoms with Crippen molar-refractivity contribution < 1.29 is 0 Å². The standard InChI is InChI=1S/C21H42/c1-3-5-7-9-11-13-15-17-19-21-20-18-16-14-12-10-8-6-4-2/h15,17H,3-14,16,18-21H2,1-2H3/b17-15+. The molecular formula is C21H42. The average molecular weight is 295 g/mol. The molecule has 21 heavy (non-hydrogen) atoms. The largest absolute Gasteiger partial charge is 0.0885 e. The lowest BCUT2D eigenvalue weighted by molar-refractivity contribution is 0.557. The van der Waals surface area contributed by atoms with Crippen molar-refractivity contribution in [2.45, 2.75) is 123 Å². The van der Waals surface area contributed by atoms with Crippen LogP contribution in [0.3, 0.4) is 0 Å². The van der Waals surface area contributed by atoms with Crippen molar-refractivity contribution in [1.82, 2.24) is 0 Å². The molecule has 0 spiro atoms. The molecule has 0 atom stereocenters. The molecule has 0 aromatic carbocycles. The van der Waals surface area contributed by atoms with E-state index in [9.17, 15) is 0 Å². The van der Waals surface area contributed by atoms with Crippen molar-refractivity contribution in [3.8, 4) is 0 Å². The first kappa shape index (κ1) is 20.7. The summed E-state index contributed by atoms with van der Waals surface area (Å²) in [5.74, 6) is 0. The van der Waals surface area contributed by atoms with Gasteiger partial charge in [0.15, 0.2) is 0 Å². The van der Waals surface area contributed by atoms with Gasteiger partial charge in [0.1, 0.15) is 0 Å². The highest BCUT2D eigenvalue weighted by molar-refractivity contribution is 4.81. The van der Waals surface area contributed by atoms with Crippen LogP contribution in [0.25, 0.3) is 0 Å². The van der Waals surface area contributed by atoms with Gasteiger partial charge < -0.3 is 0 Å². The van der Waals surface area contributed by atoms with Gasteiger partial charge in [-0.1, -0.05) is 109 Å². The molecule has 0 heteroatoms. The second-order valence-corrected chi connectivity index (χ2v) is 6.64. The van der Waals surface area contributed by atoms with Crippen LogP contribution in [0.5, 0.6) is 0 Å². The fraction of sp³-hybridized carbons (Fsp3) is 0.905. The van der Waals surface area contributed by atoms with E-state index in [1.54, 1.807) is 0 Å². The molecule has 0 aromatic heterocycles. The average Bonchev–Trinajstić information content (AvgIpc) is 2.50. The molecule has 0 radical (unpaired) electrons. The van der Waals surface area contributed by atoms with E-state index in [2.05, 4.69) is 26.0 Å². The Morgan fingerprint density at radius 3 is 1.00 bits per heavy atom. The summed E-state index contributed by atoms with van der Waals surface area (Å²) >= 11 is 0.